The first kappa shape index (κ1) is 24.8. The molecule has 2 aliphatic rings. The average Bonchev–Trinajstić information content (AvgIpc) is 3.25. The van der Waals surface area contributed by atoms with Gasteiger partial charge in [-0.3, -0.25) is 14.7 Å². The van der Waals surface area contributed by atoms with Gasteiger partial charge in [-0.2, -0.15) is 0 Å². The number of amides is 2. The summed E-state index contributed by atoms with van der Waals surface area (Å²) < 4.78 is 35.1. The molecular formula is C26H28F2N6O3. The first-order valence-corrected chi connectivity index (χ1v) is 12.2. The molecule has 1 aliphatic heterocycles. The van der Waals surface area contributed by atoms with E-state index in [-0.39, 0.29) is 36.5 Å². The largest absolute Gasteiger partial charge is 0.481 e. The summed E-state index contributed by atoms with van der Waals surface area (Å²) in [7, 11) is 1.46. The molecule has 2 aromatic heterocycles. The number of carbonyl (C=O) groups is 2. The topological polar surface area (TPSA) is 113 Å². The highest BCUT2D eigenvalue weighted by molar-refractivity contribution is 5.89. The van der Waals surface area contributed by atoms with E-state index in [1.165, 1.54) is 24.3 Å². The standard InChI is InChI=1S/C26H28F2N6O3/c1-26(7-8-26)19-6-5-15(10-20(19)28)23(18-4-3-9-29-25(18)37-2)31-24(36)21-11-16(27)14-34(21)22(35)12-17-13-30-33-32-17/h3-6,9-10,13,16,21,23H,7-8,11-12,14H2,1-2H3,(H,31,36)(H,30,32,33)/t16-,21+,23-/m1/s1. The van der Waals surface area contributed by atoms with Crippen molar-refractivity contribution in [3.05, 3.63) is 70.9 Å². The summed E-state index contributed by atoms with van der Waals surface area (Å²) in [5.41, 5.74) is 1.93. The second kappa shape index (κ2) is 9.87. The number of nitrogens with one attached hydrogen (secondary N) is 2. The number of aromatic amines is 1. The highest BCUT2D eigenvalue weighted by Crippen LogP contribution is 2.48. The second-order valence-corrected chi connectivity index (χ2v) is 9.90. The molecule has 1 saturated carbocycles. The number of halogens is 2. The van der Waals surface area contributed by atoms with Gasteiger partial charge in [0.25, 0.3) is 0 Å². The fraction of sp³-hybridized carbons (Fsp3) is 0.423. The van der Waals surface area contributed by atoms with Crippen LogP contribution in [-0.4, -0.2) is 63.0 Å². The Bertz CT molecular complexity index is 1300. The summed E-state index contributed by atoms with van der Waals surface area (Å²) in [6, 6.07) is 6.50. The smallest absolute Gasteiger partial charge is 0.243 e. The Morgan fingerprint density at radius 2 is 2.14 bits per heavy atom. The van der Waals surface area contributed by atoms with E-state index in [9.17, 15) is 14.0 Å². The van der Waals surface area contributed by atoms with Crippen LogP contribution in [0, 0.1) is 5.82 Å². The molecule has 1 aromatic carbocycles. The van der Waals surface area contributed by atoms with Gasteiger partial charge in [0.15, 0.2) is 0 Å². The zero-order chi connectivity index (χ0) is 26.2. The number of H-pyrrole nitrogens is 1. The summed E-state index contributed by atoms with van der Waals surface area (Å²) in [4.78, 5) is 31.9. The molecule has 1 aliphatic carbocycles. The molecule has 2 fully saturated rings. The molecule has 11 heteroatoms. The van der Waals surface area contributed by atoms with E-state index < -0.39 is 30.1 Å². The molecule has 194 valence electrons. The minimum absolute atomic E-state index is 0.0885. The van der Waals surface area contributed by atoms with E-state index in [0.29, 0.717) is 22.4 Å². The predicted octanol–water partition coefficient (Wildman–Crippen LogP) is 2.79. The van der Waals surface area contributed by atoms with Gasteiger partial charge in [0.1, 0.15) is 18.0 Å². The van der Waals surface area contributed by atoms with Crippen LogP contribution >= 0.6 is 0 Å². The van der Waals surface area contributed by atoms with Gasteiger partial charge in [0.2, 0.25) is 17.7 Å². The highest BCUT2D eigenvalue weighted by atomic mass is 19.1. The van der Waals surface area contributed by atoms with Crippen molar-refractivity contribution in [2.45, 2.75) is 56.3 Å². The lowest BCUT2D eigenvalue weighted by Gasteiger charge is -2.27. The molecule has 0 unspecified atom stereocenters. The summed E-state index contributed by atoms with van der Waals surface area (Å²) in [6.07, 6.45) is 3.22. The summed E-state index contributed by atoms with van der Waals surface area (Å²) >= 11 is 0. The predicted molar refractivity (Wildman–Crippen MR) is 129 cm³/mol. The van der Waals surface area contributed by atoms with Gasteiger partial charge in [-0.05, 0) is 47.6 Å². The van der Waals surface area contributed by atoms with Crippen LogP contribution < -0.4 is 10.1 Å². The molecule has 0 radical (unpaired) electrons. The Labute approximate surface area is 212 Å². The molecule has 37 heavy (non-hydrogen) atoms. The molecule has 2 N–H and O–H groups in total. The van der Waals surface area contributed by atoms with E-state index in [1.807, 2.05) is 6.92 Å². The molecule has 5 rings (SSSR count). The fourth-order valence-corrected chi connectivity index (χ4v) is 4.91. The fourth-order valence-electron chi connectivity index (χ4n) is 4.91. The van der Waals surface area contributed by atoms with Gasteiger partial charge in [-0.15, -0.1) is 5.10 Å². The number of pyridine rings is 1. The Morgan fingerprint density at radius 3 is 2.81 bits per heavy atom. The first-order valence-electron chi connectivity index (χ1n) is 12.2. The number of alkyl halides is 1. The van der Waals surface area contributed by atoms with Crippen molar-refractivity contribution in [1.29, 1.82) is 0 Å². The molecule has 2 amide bonds. The van der Waals surface area contributed by atoms with Crippen molar-refractivity contribution in [1.82, 2.24) is 30.6 Å². The molecule has 0 bridgehead atoms. The summed E-state index contributed by atoms with van der Waals surface area (Å²) in [6.45, 7) is 1.83. The average molecular weight is 511 g/mol. The zero-order valence-electron chi connectivity index (χ0n) is 20.6. The summed E-state index contributed by atoms with van der Waals surface area (Å²) in [5, 5.41) is 12.7. The van der Waals surface area contributed by atoms with E-state index in [4.69, 9.17) is 4.74 Å². The van der Waals surface area contributed by atoms with Crippen molar-refractivity contribution in [3.8, 4) is 5.88 Å². The van der Waals surface area contributed by atoms with Gasteiger partial charge in [0.05, 0.1) is 38.0 Å². The van der Waals surface area contributed by atoms with E-state index in [2.05, 4.69) is 25.7 Å². The third-order valence-electron chi connectivity index (χ3n) is 7.25. The van der Waals surface area contributed by atoms with Gasteiger partial charge in [-0.25, -0.2) is 13.8 Å². The molecule has 3 heterocycles. The second-order valence-electron chi connectivity index (χ2n) is 9.90. The van der Waals surface area contributed by atoms with Crippen molar-refractivity contribution in [3.63, 3.8) is 0 Å². The zero-order valence-corrected chi connectivity index (χ0v) is 20.6. The molecule has 3 atom stereocenters. The van der Waals surface area contributed by atoms with E-state index >= 15 is 4.39 Å². The van der Waals surface area contributed by atoms with Gasteiger partial charge in [0, 0.05) is 18.2 Å². The number of nitrogens with zero attached hydrogens (tertiary/aromatic N) is 4. The van der Waals surface area contributed by atoms with Crippen molar-refractivity contribution < 1.29 is 23.1 Å². The van der Waals surface area contributed by atoms with Crippen LogP contribution in [0.15, 0.2) is 42.7 Å². The van der Waals surface area contributed by atoms with Crippen LogP contribution in [0.4, 0.5) is 8.78 Å². The lowest BCUT2D eigenvalue weighted by molar-refractivity contribution is -0.138. The van der Waals surface area contributed by atoms with Crippen molar-refractivity contribution in [2.75, 3.05) is 13.7 Å². The molecule has 9 nitrogen and oxygen atoms in total. The van der Waals surface area contributed by atoms with Crippen LogP contribution in [0.2, 0.25) is 0 Å². The molecular weight excluding hydrogens is 482 g/mol. The lowest BCUT2D eigenvalue weighted by Crippen LogP contribution is -2.47. The Hall–Kier alpha value is -3.89. The Balaban J connectivity index is 1.44. The minimum Gasteiger partial charge on any atom is -0.481 e. The quantitative estimate of drug-likeness (QED) is 0.482. The number of ether oxygens (including phenoxy) is 1. The molecule has 1 saturated heterocycles. The third kappa shape index (κ3) is 5.03. The maximum Gasteiger partial charge on any atom is 0.243 e. The monoisotopic (exact) mass is 510 g/mol. The normalized spacial score (nSPS) is 20.9. The maximum absolute atomic E-state index is 15.2. The number of aromatic nitrogens is 4. The van der Waals surface area contributed by atoms with E-state index in [0.717, 1.165) is 12.8 Å². The number of hydrogen-bond acceptors (Lipinski definition) is 6. The lowest BCUT2D eigenvalue weighted by atomic mass is 9.92. The minimum atomic E-state index is -1.35. The van der Waals surface area contributed by atoms with Gasteiger partial charge in [-0.1, -0.05) is 24.3 Å². The highest BCUT2D eigenvalue weighted by Gasteiger charge is 2.42. The van der Waals surface area contributed by atoms with Crippen LogP contribution in [-0.2, 0) is 21.4 Å². The van der Waals surface area contributed by atoms with Crippen LogP contribution in [0.25, 0.3) is 0 Å². The Morgan fingerprint density at radius 1 is 1.32 bits per heavy atom. The number of methoxy groups -OCH3 is 1. The molecule has 3 aromatic rings. The van der Waals surface area contributed by atoms with E-state index in [1.54, 1.807) is 30.5 Å². The van der Waals surface area contributed by atoms with Crippen LogP contribution in [0.3, 0.4) is 0 Å². The van der Waals surface area contributed by atoms with Gasteiger partial charge >= 0.3 is 0 Å². The van der Waals surface area contributed by atoms with Gasteiger partial charge < -0.3 is 15.0 Å². The van der Waals surface area contributed by atoms with Crippen LogP contribution in [0.5, 0.6) is 5.88 Å². The number of hydrogen-bond donors (Lipinski definition) is 2. The SMILES string of the molecule is COc1ncccc1[C@H](NC(=O)[C@@H]1C[C@@H](F)CN1C(=O)Cc1cnn[nH]1)c1ccc(C2(C)CC2)c(F)c1. The molecule has 0 spiro atoms. The first-order chi connectivity index (χ1) is 17.8. The number of rotatable bonds is 8. The number of benzene rings is 1. The van der Waals surface area contributed by atoms with Crippen molar-refractivity contribution >= 4 is 11.8 Å². The summed E-state index contributed by atoms with van der Waals surface area (Å²) in [5.74, 6) is -1.06. The van der Waals surface area contributed by atoms with Crippen LogP contribution in [0.1, 0.15) is 54.6 Å². The number of carbonyl (C=O) groups excluding carboxylic acids is 2. The Kier molecular flexibility index (Phi) is 6.61. The third-order valence-corrected chi connectivity index (χ3v) is 7.25. The maximum atomic E-state index is 15.2. The number of likely N-dealkylation sites (tertiary alicyclic amines) is 1. The van der Waals surface area contributed by atoms with Crippen molar-refractivity contribution in [2.24, 2.45) is 0 Å².